The van der Waals surface area contributed by atoms with E-state index < -0.39 is 5.97 Å². The highest BCUT2D eigenvalue weighted by molar-refractivity contribution is 5.86. The molecule has 0 spiro atoms. The lowest BCUT2D eigenvalue weighted by Gasteiger charge is -2.15. The van der Waals surface area contributed by atoms with Gasteiger partial charge in [0.25, 0.3) is 0 Å². The normalized spacial score (nSPS) is 12.2. The summed E-state index contributed by atoms with van der Waals surface area (Å²) in [7, 11) is 0. The van der Waals surface area contributed by atoms with E-state index in [0.717, 1.165) is 31.2 Å². The number of benzene rings is 3. The van der Waals surface area contributed by atoms with Crippen LogP contribution in [0.25, 0.3) is 10.8 Å². The number of hydrogen-bond acceptors (Lipinski definition) is 1. The largest absolute Gasteiger partial charge is 0.481 e. The quantitative estimate of drug-likeness (QED) is 0.431. The number of carboxylic acids is 1. The third kappa shape index (κ3) is 5.19. The van der Waals surface area contributed by atoms with Gasteiger partial charge in [0.1, 0.15) is 5.82 Å². The molecule has 0 aliphatic carbocycles. The molecule has 0 aromatic heterocycles. The predicted molar refractivity (Wildman–Crippen MR) is 112 cm³/mol. The molecule has 1 atom stereocenters. The molecule has 3 rings (SSSR count). The van der Waals surface area contributed by atoms with E-state index in [2.05, 4.69) is 49.4 Å². The molecule has 2 nitrogen and oxygen atoms in total. The molecule has 0 bridgehead atoms. The Morgan fingerprint density at radius 3 is 2.57 bits per heavy atom. The van der Waals surface area contributed by atoms with Gasteiger partial charge < -0.3 is 5.11 Å². The van der Waals surface area contributed by atoms with Crippen molar-refractivity contribution in [1.29, 1.82) is 0 Å². The first kappa shape index (κ1) is 20.1. The van der Waals surface area contributed by atoms with Crippen molar-refractivity contribution >= 4 is 16.7 Å². The van der Waals surface area contributed by atoms with Gasteiger partial charge in [0, 0.05) is 6.42 Å². The maximum Gasteiger partial charge on any atom is 0.303 e. The van der Waals surface area contributed by atoms with Gasteiger partial charge in [0.2, 0.25) is 0 Å². The molecule has 0 heterocycles. The Morgan fingerprint density at radius 1 is 1.00 bits per heavy atom. The first-order valence-electron chi connectivity index (χ1n) is 10.0. The van der Waals surface area contributed by atoms with Crippen LogP contribution >= 0.6 is 0 Å². The Kier molecular flexibility index (Phi) is 6.80. The maximum absolute atomic E-state index is 14.1. The average Bonchev–Trinajstić information content (AvgIpc) is 2.69. The summed E-state index contributed by atoms with van der Waals surface area (Å²) in [4.78, 5) is 10.6. The highest BCUT2D eigenvalue weighted by Gasteiger charge is 2.10. The molecule has 3 aromatic carbocycles. The lowest BCUT2D eigenvalue weighted by molar-refractivity contribution is -0.136. The van der Waals surface area contributed by atoms with Crippen LogP contribution in [0.4, 0.5) is 4.39 Å². The first-order chi connectivity index (χ1) is 13.5. The van der Waals surface area contributed by atoms with Crippen LogP contribution in [0.2, 0.25) is 0 Å². The van der Waals surface area contributed by atoms with Gasteiger partial charge in [-0.2, -0.15) is 0 Å². The second-order valence-corrected chi connectivity index (χ2v) is 7.53. The van der Waals surface area contributed by atoms with E-state index in [1.807, 2.05) is 6.07 Å². The van der Waals surface area contributed by atoms with Crippen LogP contribution in [-0.2, 0) is 17.6 Å². The summed E-state index contributed by atoms with van der Waals surface area (Å²) in [5.74, 6) is -0.701. The van der Waals surface area contributed by atoms with Crippen LogP contribution in [0.1, 0.15) is 55.2 Å². The lowest BCUT2D eigenvalue weighted by atomic mass is 9.90. The van der Waals surface area contributed by atoms with Crippen molar-refractivity contribution in [2.75, 3.05) is 0 Å². The second-order valence-electron chi connectivity index (χ2n) is 7.53. The van der Waals surface area contributed by atoms with Gasteiger partial charge in [0.15, 0.2) is 0 Å². The van der Waals surface area contributed by atoms with Crippen molar-refractivity contribution in [2.45, 2.75) is 51.4 Å². The Bertz CT molecular complexity index is 943. The highest BCUT2D eigenvalue weighted by Crippen LogP contribution is 2.29. The summed E-state index contributed by atoms with van der Waals surface area (Å²) in [6.07, 6.45) is 4.26. The molecule has 146 valence electrons. The molecule has 3 aromatic rings. The predicted octanol–water partition coefficient (Wildman–Crippen LogP) is 6.51. The lowest BCUT2D eigenvalue weighted by Crippen LogP contribution is -2.00. The monoisotopic (exact) mass is 378 g/mol. The minimum absolute atomic E-state index is 0.0394. The molecule has 3 heteroatoms. The molecule has 0 aliphatic rings. The van der Waals surface area contributed by atoms with Gasteiger partial charge >= 0.3 is 5.97 Å². The van der Waals surface area contributed by atoms with Crippen molar-refractivity contribution in [3.63, 3.8) is 0 Å². The molecular weight excluding hydrogens is 351 g/mol. The SMILES string of the molecule is C[C@@H](CCCCc1ccc(CCC(=O)O)c(F)c1)c1cccc2ccccc12. The molecule has 0 saturated heterocycles. The minimum Gasteiger partial charge on any atom is -0.481 e. The van der Waals surface area contributed by atoms with Crippen LogP contribution in [-0.4, -0.2) is 11.1 Å². The van der Waals surface area contributed by atoms with Gasteiger partial charge in [-0.3, -0.25) is 4.79 Å². The molecule has 0 unspecified atom stereocenters. The fourth-order valence-corrected chi connectivity index (χ4v) is 3.81. The highest BCUT2D eigenvalue weighted by atomic mass is 19.1. The minimum atomic E-state index is -0.899. The topological polar surface area (TPSA) is 37.3 Å². The van der Waals surface area contributed by atoms with Crippen molar-refractivity contribution in [2.24, 2.45) is 0 Å². The Hall–Kier alpha value is -2.68. The summed E-state index contributed by atoms with van der Waals surface area (Å²) in [6, 6.07) is 20.2. The summed E-state index contributed by atoms with van der Waals surface area (Å²) in [6.45, 7) is 2.28. The third-order valence-corrected chi connectivity index (χ3v) is 5.43. The molecule has 0 saturated carbocycles. The fraction of sp³-hybridized carbons (Fsp3) is 0.320. The van der Waals surface area contributed by atoms with Gasteiger partial charge in [-0.05, 0) is 65.1 Å². The maximum atomic E-state index is 14.1. The molecule has 0 amide bonds. The number of rotatable bonds is 9. The van der Waals surface area contributed by atoms with Crippen molar-refractivity contribution in [1.82, 2.24) is 0 Å². The summed E-state index contributed by atoms with van der Waals surface area (Å²) in [5.41, 5.74) is 2.86. The zero-order valence-corrected chi connectivity index (χ0v) is 16.3. The summed E-state index contributed by atoms with van der Waals surface area (Å²) >= 11 is 0. The van der Waals surface area contributed by atoms with E-state index in [0.29, 0.717) is 11.5 Å². The summed E-state index contributed by atoms with van der Waals surface area (Å²) in [5, 5.41) is 11.3. The fourth-order valence-electron chi connectivity index (χ4n) is 3.81. The van der Waals surface area contributed by atoms with Gasteiger partial charge in [-0.25, -0.2) is 4.39 Å². The van der Waals surface area contributed by atoms with Crippen molar-refractivity contribution < 1.29 is 14.3 Å². The van der Waals surface area contributed by atoms with E-state index in [1.165, 1.54) is 16.3 Å². The molecule has 28 heavy (non-hydrogen) atoms. The van der Waals surface area contributed by atoms with E-state index in [4.69, 9.17) is 5.11 Å². The van der Waals surface area contributed by atoms with Gasteiger partial charge in [-0.15, -0.1) is 0 Å². The number of carbonyl (C=O) groups is 1. The standard InChI is InChI=1S/C25H27FO2/c1-18(22-12-6-10-20-9-4-5-11-23(20)22)7-2-3-8-19-13-14-21(24(26)17-19)15-16-25(27)28/h4-6,9-14,17-18H,2-3,7-8,15-16H2,1H3,(H,27,28)/t18-/m0/s1. The number of aryl methyl sites for hydroxylation is 2. The van der Waals surface area contributed by atoms with Gasteiger partial charge in [0.05, 0.1) is 0 Å². The van der Waals surface area contributed by atoms with Crippen LogP contribution in [0.15, 0.2) is 60.7 Å². The Balaban J connectivity index is 1.51. The molecular formula is C25H27FO2. The van der Waals surface area contributed by atoms with Crippen molar-refractivity contribution in [3.8, 4) is 0 Å². The second kappa shape index (κ2) is 9.50. The van der Waals surface area contributed by atoms with E-state index >= 15 is 0 Å². The number of unbranched alkanes of at least 4 members (excludes halogenated alkanes) is 1. The zero-order valence-electron chi connectivity index (χ0n) is 16.3. The average molecular weight is 378 g/mol. The van der Waals surface area contributed by atoms with E-state index in [-0.39, 0.29) is 18.7 Å². The number of hydrogen-bond donors (Lipinski definition) is 1. The van der Waals surface area contributed by atoms with Crippen molar-refractivity contribution in [3.05, 3.63) is 83.2 Å². The smallest absolute Gasteiger partial charge is 0.303 e. The molecule has 0 fully saturated rings. The zero-order chi connectivity index (χ0) is 19.9. The Morgan fingerprint density at radius 2 is 1.79 bits per heavy atom. The molecule has 1 N–H and O–H groups in total. The first-order valence-corrected chi connectivity index (χ1v) is 10.0. The van der Waals surface area contributed by atoms with Crippen LogP contribution in [0, 0.1) is 5.82 Å². The molecule has 0 radical (unpaired) electrons. The van der Waals surface area contributed by atoms with E-state index in [1.54, 1.807) is 12.1 Å². The van der Waals surface area contributed by atoms with E-state index in [9.17, 15) is 9.18 Å². The van der Waals surface area contributed by atoms with Crippen LogP contribution < -0.4 is 0 Å². The van der Waals surface area contributed by atoms with Crippen LogP contribution in [0.3, 0.4) is 0 Å². The number of aliphatic carboxylic acids is 1. The van der Waals surface area contributed by atoms with Crippen LogP contribution in [0.5, 0.6) is 0 Å². The number of fused-ring (bicyclic) bond motifs is 1. The summed E-state index contributed by atoms with van der Waals surface area (Å²) < 4.78 is 14.1. The molecule has 0 aliphatic heterocycles. The van der Waals surface area contributed by atoms with Gasteiger partial charge in [-0.1, -0.05) is 67.9 Å². The Labute approximate surface area is 166 Å². The number of carboxylic acid groups (broad SMARTS) is 1. The number of halogens is 1. The third-order valence-electron chi connectivity index (χ3n) is 5.43.